The van der Waals surface area contributed by atoms with Crippen molar-refractivity contribution in [2.75, 3.05) is 5.32 Å². The number of rotatable bonds is 7. The molecule has 9 nitrogen and oxygen atoms in total. The second-order valence-electron chi connectivity index (χ2n) is 6.61. The highest BCUT2D eigenvalue weighted by Gasteiger charge is 2.22. The summed E-state index contributed by atoms with van der Waals surface area (Å²) >= 11 is 5.94. The number of pyridine rings is 1. The van der Waals surface area contributed by atoms with Crippen LogP contribution in [0.3, 0.4) is 0 Å². The largest absolute Gasteiger partial charge is 0.349 e. The Bertz CT molecular complexity index is 1190. The topological polar surface area (TPSA) is 122 Å². The second kappa shape index (κ2) is 8.82. The minimum atomic E-state index is -3.92. The molecule has 11 heteroatoms. The summed E-state index contributed by atoms with van der Waals surface area (Å²) in [4.78, 5) is 27.7. The molecule has 2 heterocycles. The van der Waals surface area contributed by atoms with Crippen molar-refractivity contribution in [1.29, 1.82) is 0 Å². The molecule has 0 spiro atoms. The number of anilines is 1. The van der Waals surface area contributed by atoms with E-state index in [4.69, 9.17) is 11.6 Å². The van der Waals surface area contributed by atoms with E-state index < -0.39 is 22.0 Å². The van der Waals surface area contributed by atoms with Crippen LogP contribution >= 0.6 is 11.6 Å². The molecule has 30 heavy (non-hydrogen) atoms. The number of sulfonamides is 1. The van der Waals surface area contributed by atoms with Gasteiger partial charge in [-0.3, -0.25) is 9.59 Å². The summed E-state index contributed by atoms with van der Waals surface area (Å²) in [6.45, 7) is 2.94. The fraction of sp³-hybridized carbons (Fsp3) is 0.211. The summed E-state index contributed by atoms with van der Waals surface area (Å²) < 4.78 is 29.1. The lowest BCUT2D eigenvalue weighted by atomic mass is 10.3. The summed E-state index contributed by atoms with van der Waals surface area (Å²) in [7, 11) is -3.92. The lowest BCUT2D eigenvalue weighted by molar-refractivity contribution is -0.122. The van der Waals surface area contributed by atoms with Crippen LogP contribution in [-0.2, 0) is 26.2 Å². The minimum Gasteiger partial charge on any atom is -0.349 e. The van der Waals surface area contributed by atoms with Gasteiger partial charge in [0.1, 0.15) is 5.65 Å². The Morgan fingerprint density at radius 1 is 1.13 bits per heavy atom. The number of hydrogen-bond donors (Lipinski definition) is 3. The van der Waals surface area contributed by atoms with Crippen molar-refractivity contribution in [3.05, 3.63) is 59.5 Å². The zero-order valence-electron chi connectivity index (χ0n) is 16.2. The lowest BCUT2D eigenvalue weighted by Gasteiger charge is -2.14. The van der Waals surface area contributed by atoms with E-state index in [1.54, 1.807) is 28.9 Å². The van der Waals surface area contributed by atoms with Crippen LogP contribution in [-0.4, -0.2) is 35.7 Å². The first-order valence-corrected chi connectivity index (χ1v) is 10.8. The molecule has 2 amide bonds. The normalized spacial score (nSPS) is 12.5. The molecule has 0 unspecified atom stereocenters. The van der Waals surface area contributed by atoms with Gasteiger partial charge in [-0.05, 0) is 43.3 Å². The Labute approximate surface area is 178 Å². The molecule has 158 valence electrons. The fourth-order valence-electron chi connectivity index (χ4n) is 2.71. The summed E-state index contributed by atoms with van der Waals surface area (Å²) in [5, 5.41) is 5.77. The molecule has 0 saturated heterocycles. The number of amides is 2. The third kappa shape index (κ3) is 5.35. The van der Waals surface area contributed by atoms with Gasteiger partial charge in [-0.2, -0.15) is 4.72 Å². The molecular formula is C19H20ClN5O4S. The number of nitrogens with zero attached hydrogens (tertiary/aromatic N) is 2. The van der Waals surface area contributed by atoms with Gasteiger partial charge < -0.3 is 15.0 Å². The average molecular weight is 450 g/mol. The zero-order valence-corrected chi connectivity index (χ0v) is 17.8. The van der Waals surface area contributed by atoms with E-state index in [0.29, 0.717) is 22.1 Å². The molecule has 0 radical (unpaired) electrons. The highest BCUT2D eigenvalue weighted by atomic mass is 35.5. The lowest BCUT2D eigenvalue weighted by Crippen LogP contribution is -2.44. The molecule has 3 N–H and O–H groups in total. The third-order valence-electron chi connectivity index (χ3n) is 4.12. The number of imidazole rings is 1. The van der Waals surface area contributed by atoms with E-state index >= 15 is 0 Å². The van der Waals surface area contributed by atoms with E-state index in [0.717, 1.165) is 0 Å². The molecule has 3 aromatic rings. The monoisotopic (exact) mass is 449 g/mol. The highest BCUT2D eigenvalue weighted by molar-refractivity contribution is 7.89. The number of hydrogen-bond acceptors (Lipinski definition) is 5. The van der Waals surface area contributed by atoms with Gasteiger partial charge >= 0.3 is 0 Å². The summed E-state index contributed by atoms with van der Waals surface area (Å²) in [6, 6.07) is 8.09. The molecule has 1 aromatic carbocycles. The Hall–Kier alpha value is -2.95. The van der Waals surface area contributed by atoms with Crippen molar-refractivity contribution in [1.82, 2.24) is 19.4 Å². The number of carbonyl (C=O) groups is 2. The molecule has 1 atom stereocenters. The van der Waals surface area contributed by atoms with Crippen molar-refractivity contribution in [3.8, 4) is 0 Å². The number of nitrogens with one attached hydrogen (secondary N) is 3. The molecule has 0 saturated carbocycles. The second-order valence-corrected chi connectivity index (χ2v) is 8.76. The van der Waals surface area contributed by atoms with E-state index in [2.05, 4.69) is 20.3 Å². The standard InChI is InChI=1S/C19H20ClN5O4S/c1-12(24-30(28,29)17-6-4-15(5-7-17)22-13(2)26)19(27)21-9-16-11-25-10-14(20)3-8-18(25)23-16/h3-8,10-12,24H,9H2,1-2H3,(H,21,27)(H,22,26)/t12-/m0/s1. The van der Waals surface area contributed by atoms with Gasteiger partial charge in [-0.1, -0.05) is 11.6 Å². The van der Waals surface area contributed by atoms with Crippen molar-refractivity contribution < 1.29 is 18.0 Å². The van der Waals surface area contributed by atoms with Crippen LogP contribution in [0.25, 0.3) is 5.65 Å². The molecule has 0 aliphatic heterocycles. The number of aromatic nitrogens is 2. The smallest absolute Gasteiger partial charge is 0.241 e. The predicted octanol–water partition coefficient (Wildman–Crippen LogP) is 1.93. The molecule has 2 aromatic heterocycles. The predicted molar refractivity (Wildman–Crippen MR) is 113 cm³/mol. The first-order valence-electron chi connectivity index (χ1n) is 8.95. The molecule has 0 bridgehead atoms. The minimum absolute atomic E-state index is 0.0199. The summed E-state index contributed by atoms with van der Waals surface area (Å²) in [5.41, 5.74) is 1.76. The zero-order chi connectivity index (χ0) is 21.9. The van der Waals surface area contributed by atoms with Crippen molar-refractivity contribution in [2.24, 2.45) is 0 Å². The molecule has 0 aliphatic carbocycles. The fourth-order valence-corrected chi connectivity index (χ4v) is 4.08. The van der Waals surface area contributed by atoms with E-state index in [-0.39, 0.29) is 17.3 Å². The van der Waals surface area contributed by atoms with E-state index in [1.807, 2.05) is 0 Å². The summed E-state index contributed by atoms with van der Waals surface area (Å²) in [5.74, 6) is -0.758. The van der Waals surface area contributed by atoms with Crippen molar-refractivity contribution in [2.45, 2.75) is 31.3 Å². The van der Waals surface area contributed by atoms with Crippen LogP contribution < -0.4 is 15.4 Å². The average Bonchev–Trinajstić information content (AvgIpc) is 3.07. The van der Waals surface area contributed by atoms with Crippen LogP contribution in [0.4, 0.5) is 5.69 Å². The van der Waals surface area contributed by atoms with Gasteiger partial charge in [-0.25, -0.2) is 13.4 Å². The highest BCUT2D eigenvalue weighted by Crippen LogP contribution is 2.15. The van der Waals surface area contributed by atoms with Crippen LogP contribution in [0.5, 0.6) is 0 Å². The maximum atomic E-state index is 12.5. The molecule has 0 fully saturated rings. The maximum absolute atomic E-state index is 12.5. The van der Waals surface area contributed by atoms with Crippen LogP contribution in [0.15, 0.2) is 53.7 Å². The Kier molecular flexibility index (Phi) is 6.40. The van der Waals surface area contributed by atoms with Crippen LogP contribution in [0.2, 0.25) is 5.02 Å². The van der Waals surface area contributed by atoms with Crippen molar-refractivity contribution in [3.63, 3.8) is 0 Å². The van der Waals surface area contributed by atoms with Gasteiger partial charge in [0.15, 0.2) is 0 Å². The molecule has 0 aliphatic rings. The van der Waals surface area contributed by atoms with E-state index in [9.17, 15) is 18.0 Å². The van der Waals surface area contributed by atoms with E-state index in [1.165, 1.54) is 38.1 Å². The first-order chi connectivity index (χ1) is 14.1. The Morgan fingerprint density at radius 3 is 2.50 bits per heavy atom. The van der Waals surface area contributed by atoms with Gasteiger partial charge in [0.2, 0.25) is 21.8 Å². The SMILES string of the molecule is CC(=O)Nc1ccc(S(=O)(=O)N[C@@H](C)C(=O)NCc2cn3cc(Cl)ccc3n2)cc1. The van der Waals surface area contributed by atoms with Gasteiger partial charge in [-0.15, -0.1) is 0 Å². The Balaban J connectivity index is 1.60. The van der Waals surface area contributed by atoms with Crippen molar-refractivity contribution >= 4 is 44.8 Å². The quantitative estimate of drug-likeness (QED) is 0.508. The van der Waals surface area contributed by atoms with Crippen LogP contribution in [0.1, 0.15) is 19.5 Å². The number of fused-ring (bicyclic) bond motifs is 1. The number of carbonyl (C=O) groups excluding carboxylic acids is 2. The summed E-state index contributed by atoms with van der Waals surface area (Å²) in [6.07, 6.45) is 3.43. The van der Waals surface area contributed by atoms with Gasteiger partial charge in [0.05, 0.1) is 28.2 Å². The first kappa shape index (κ1) is 21.8. The number of halogens is 1. The third-order valence-corrected chi connectivity index (χ3v) is 5.90. The van der Waals surface area contributed by atoms with Gasteiger partial charge in [0, 0.05) is 25.0 Å². The van der Waals surface area contributed by atoms with Gasteiger partial charge in [0.25, 0.3) is 0 Å². The van der Waals surface area contributed by atoms with Crippen LogP contribution in [0, 0.1) is 0 Å². The Morgan fingerprint density at radius 2 is 1.83 bits per heavy atom. The molecule has 3 rings (SSSR count). The molecular weight excluding hydrogens is 430 g/mol. The maximum Gasteiger partial charge on any atom is 0.241 e. The number of benzene rings is 1.